The van der Waals surface area contributed by atoms with Gasteiger partial charge in [0.2, 0.25) is 0 Å². The molecule has 3 aromatic carbocycles. The minimum atomic E-state index is -0.449. The molecule has 238 valence electrons. The van der Waals surface area contributed by atoms with E-state index in [1.54, 1.807) is 0 Å². The standard InChI is InChI=1S/C34H40N2O4.2C2H6/c1-33(2,3)40-32(38)36-22-34(23-36)20-35(21-34)17-18-39-28-13-9-25(10-14-28)31-29(24-7-5-4-6-8-24)15-11-26-19-27(37)12-16-30(26)31;2*1-2/h4-10,12-14,16,19,29,31,37H,11,15,17-18,20-23H2,1-3H3;2*1-2H3. The summed E-state index contributed by atoms with van der Waals surface area (Å²) in [5, 5.41) is 10.1. The topological polar surface area (TPSA) is 62.2 Å². The highest BCUT2D eigenvalue weighted by Gasteiger charge is 2.53. The normalized spacial score (nSPS) is 20.0. The number of rotatable bonds is 6. The Morgan fingerprint density at radius 3 is 2.18 bits per heavy atom. The van der Waals surface area contributed by atoms with Crippen molar-refractivity contribution in [3.8, 4) is 11.5 Å². The Bertz CT molecular complexity index is 1340. The van der Waals surface area contributed by atoms with Crippen LogP contribution in [0.1, 0.15) is 89.0 Å². The minimum absolute atomic E-state index is 0.201. The number of ether oxygens (including phenoxy) is 2. The van der Waals surface area contributed by atoms with E-state index in [-0.39, 0.29) is 17.4 Å². The van der Waals surface area contributed by atoms with Crippen molar-refractivity contribution in [2.45, 2.75) is 78.7 Å². The molecule has 1 spiro atoms. The van der Waals surface area contributed by atoms with Gasteiger partial charge in [-0.1, -0.05) is 76.2 Å². The van der Waals surface area contributed by atoms with Crippen LogP contribution in [0.4, 0.5) is 4.79 Å². The fourth-order valence-electron chi connectivity index (χ4n) is 6.82. The molecular weight excluding hydrogens is 548 g/mol. The quantitative estimate of drug-likeness (QED) is 0.309. The average molecular weight is 601 g/mol. The number of nitrogens with zero attached hydrogens (tertiary/aromatic N) is 2. The predicted octanol–water partition coefficient (Wildman–Crippen LogP) is 8.24. The molecule has 3 aromatic rings. The first kappa shape index (κ1) is 33.4. The van der Waals surface area contributed by atoms with Gasteiger partial charge in [0.1, 0.15) is 23.7 Å². The lowest BCUT2D eigenvalue weighted by atomic mass is 9.69. The van der Waals surface area contributed by atoms with Crippen LogP contribution in [0.5, 0.6) is 11.5 Å². The number of aryl methyl sites for hydroxylation is 1. The molecule has 1 aliphatic carbocycles. The fraction of sp³-hybridized carbons (Fsp3) is 0.500. The molecule has 1 N–H and O–H groups in total. The van der Waals surface area contributed by atoms with Crippen LogP contribution < -0.4 is 4.74 Å². The van der Waals surface area contributed by atoms with Gasteiger partial charge in [0.15, 0.2) is 0 Å². The average Bonchev–Trinajstić information content (AvgIpc) is 2.98. The molecule has 2 atom stereocenters. The summed E-state index contributed by atoms with van der Waals surface area (Å²) >= 11 is 0. The van der Waals surface area contributed by atoms with E-state index in [1.807, 2.05) is 65.5 Å². The predicted molar refractivity (Wildman–Crippen MR) is 179 cm³/mol. The van der Waals surface area contributed by atoms with Gasteiger partial charge < -0.3 is 19.5 Å². The lowest BCUT2D eigenvalue weighted by Crippen LogP contribution is -2.73. The molecule has 2 saturated heterocycles. The molecule has 2 heterocycles. The van der Waals surface area contributed by atoms with Gasteiger partial charge in [-0.25, -0.2) is 4.79 Å². The van der Waals surface area contributed by atoms with E-state index in [9.17, 15) is 9.90 Å². The number of phenolic OH excluding ortho intramolecular Hbond substituents is 1. The molecular formula is C38H52N2O4. The third-order valence-electron chi connectivity index (χ3n) is 8.55. The largest absolute Gasteiger partial charge is 0.508 e. The molecule has 0 bridgehead atoms. The van der Waals surface area contributed by atoms with E-state index in [0.717, 1.165) is 51.3 Å². The van der Waals surface area contributed by atoms with Crippen molar-refractivity contribution in [3.05, 3.63) is 95.1 Å². The zero-order valence-corrected chi connectivity index (χ0v) is 27.8. The van der Waals surface area contributed by atoms with Crippen molar-refractivity contribution in [2.24, 2.45) is 5.41 Å². The smallest absolute Gasteiger partial charge is 0.410 e. The van der Waals surface area contributed by atoms with Crippen molar-refractivity contribution in [1.29, 1.82) is 0 Å². The number of likely N-dealkylation sites (tertiary alicyclic amines) is 2. The van der Waals surface area contributed by atoms with E-state index in [4.69, 9.17) is 9.47 Å². The summed E-state index contributed by atoms with van der Waals surface area (Å²) in [5.74, 6) is 1.85. The lowest BCUT2D eigenvalue weighted by Gasteiger charge is -2.59. The van der Waals surface area contributed by atoms with Crippen LogP contribution in [-0.2, 0) is 11.2 Å². The van der Waals surface area contributed by atoms with Crippen LogP contribution in [0.2, 0.25) is 0 Å². The van der Waals surface area contributed by atoms with Crippen LogP contribution >= 0.6 is 0 Å². The van der Waals surface area contributed by atoms with Crippen molar-refractivity contribution >= 4 is 6.09 Å². The summed E-state index contributed by atoms with van der Waals surface area (Å²) in [7, 11) is 0. The third kappa shape index (κ3) is 7.76. The van der Waals surface area contributed by atoms with Gasteiger partial charge in [0, 0.05) is 44.1 Å². The Morgan fingerprint density at radius 2 is 1.55 bits per heavy atom. The molecule has 0 saturated carbocycles. The summed E-state index contributed by atoms with van der Waals surface area (Å²) in [6, 6.07) is 25.2. The lowest BCUT2D eigenvalue weighted by molar-refractivity contribution is -0.114. The highest BCUT2D eigenvalue weighted by Crippen LogP contribution is 2.47. The maximum absolute atomic E-state index is 12.2. The van der Waals surface area contributed by atoms with Crippen molar-refractivity contribution in [2.75, 3.05) is 39.3 Å². The van der Waals surface area contributed by atoms with Crippen LogP contribution in [0.25, 0.3) is 0 Å². The van der Waals surface area contributed by atoms with Gasteiger partial charge >= 0.3 is 6.09 Å². The molecule has 3 aliphatic rings. The molecule has 6 heteroatoms. The third-order valence-corrected chi connectivity index (χ3v) is 8.55. The van der Waals surface area contributed by atoms with Gasteiger partial charge in [-0.2, -0.15) is 0 Å². The maximum Gasteiger partial charge on any atom is 0.410 e. The molecule has 6 nitrogen and oxygen atoms in total. The molecule has 44 heavy (non-hydrogen) atoms. The molecule has 0 radical (unpaired) electrons. The summed E-state index contributed by atoms with van der Waals surface area (Å²) in [4.78, 5) is 16.4. The van der Waals surface area contributed by atoms with Crippen LogP contribution in [0.15, 0.2) is 72.8 Å². The van der Waals surface area contributed by atoms with Crippen LogP contribution in [0, 0.1) is 5.41 Å². The summed E-state index contributed by atoms with van der Waals surface area (Å²) in [5.41, 5.74) is 4.97. The summed E-state index contributed by atoms with van der Waals surface area (Å²) in [6.07, 6.45) is 1.82. The Labute approximate surface area is 265 Å². The zero-order chi connectivity index (χ0) is 31.9. The Kier molecular flexibility index (Phi) is 11.0. The molecule has 1 amide bonds. The van der Waals surface area contributed by atoms with E-state index >= 15 is 0 Å². The maximum atomic E-state index is 12.2. The van der Waals surface area contributed by atoms with Crippen molar-refractivity contribution in [1.82, 2.24) is 9.80 Å². The molecule has 0 aromatic heterocycles. The molecule has 6 rings (SSSR count). The highest BCUT2D eigenvalue weighted by atomic mass is 16.6. The number of carbonyl (C=O) groups is 1. The van der Waals surface area contributed by atoms with Gasteiger partial charge in [0.25, 0.3) is 0 Å². The van der Waals surface area contributed by atoms with Gasteiger partial charge in [-0.05, 0) is 86.1 Å². The molecule has 2 fully saturated rings. The fourth-order valence-corrected chi connectivity index (χ4v) is 6.82. The van der Waals surface area contributed by atoms with Gasteiger partial charge in [-0.3, -0.25) is 4.90 Å². The Balaban J connectivity index is 0.00000106. The number of amides is 1. The number of fused-ring (bicyclic) bond motifs is 1. The van der Waals surface area contributed by atoms with Gasteiger partial charge in [-0.15, -0.1) is 0 Å². The second kappa shape index (κ2) is 14.5. The number of carbonyl (C=O) groups excluding carboxylic acids is 1. The van der Waals surface area contributed by atoms with E-state index in [0.29, 0.717) is 18.3 Å². The first-order valence-electron chi connectivity index (χ1n) is 16.5. The number of benzene rings is 3. The number of aromatic hydroxyl groups is 1. The minimum Gasteiger partial charge on any atom is -0.508 e. The number of hydrogen-bond donors (Lipinski definition) is 1. The Hall–Kier alpha value is -3.51. The second-order valence-corrected chi connectivity index (χ2v) is 12.9. The second-order valence-electron chi connectivity index (χ2n) is 12.9. The molecule has 2 unspecified atom stereocenters. The monoisotopic (exact) mass is 600 g/mol. The highest BCUT2D eigenvalue weighted by molar-refractivity contribution is 5.69. The van der Waals surface area contributed by atoms with E-state index in [2.05, 4.69) is 65.6 Å². The van der Waals surface area contributed by atoms with Crippen molar-refractivity contribution < 1.29 is 19.4 Å². The summed E-state index contributed by atoms with van der Waals surface area (Å²) in [6.45, 7) is 18.8. The zero-order valence-electron chi connectivity index (χ0n) is 27.8. The van der Waals surface area contributed by atoms with Crippen LogP contribution in [-0.4, -0.2) is 65.9 Å². The number of phenols is 1. The summed E-state index contributed by atoms with van der Waals surface area (Å²) < 4.78 is 11.6. The number of hydrogen-bond acceptors (Lipinski definition) is 5. The first-order valence-corrected chi connectivity index (χ1v) is 16.5. The van der Waals surface area contributed by atoms with Crippen LogP contribution in [0.3, 0.4) is 0 Å². The van der Waals surface area contributed by atoms with Crippen molar-refractivity contribution in [3.63, 3.8) is 0 Å². The Morgan fingerprint density at radius 1 is 0.886 bits per heavy atom. The van der Waals surface area contributed by atoms with E-state index in [1.165, 1.54) is 22.3 Å². The first-order chi connectivity index (χ1) is 21.2. The molecule has 2 aliphatic heterocycles. The van der Waals surface area contributed by atoms with Gasteiger partial charge in [0.05, 0.1) is 0 Å². The van der Waals surface area contributed by atoms with E-state index < -0.39 is 5.60 Å². The SMILES string of the molecule is CC.CC.CC(C)(C)OC(=O)N1CC2(CN(CCOc3ccc(C4c5ccc(O)cc5CCC4c4ccccc4)cc3)C2)C1.